The standard InChI is InChI=1S/C17H24F2N2O3/c1-11-9-21(10-12(2)23-11)16(22)8-20-13(3)14-5-4-6-15(7-14)24-17(18)19/h4-7,11-13,17,20H,8-10H2,1-3H3/t11-,12+,13-/m1/s1. The topological polar surface area (TPSA) is 50.8 Å². The molecule has 0 unspecified atom stereocenters. The molecule has 0 spiro atoms. The number of hydrogen-bond acceptors (Lipinski definition) is 4. The molecule has 24 heavy (non-hydrogen) atoms. The highest BCUT2D eigenvalue weighted by molar-refractivity contribution is 5.78. The van der Waals surface area contributed by atoms with Crippen LogP contribution in [0, 0.1) is 0 Å². The van der Waals surface area contributed by atoms with E-state index >= 15 is 0 Å². The number of nitrogens with zero attached hydrogens (tertiary/aromatic N) is 1. The lowest BCUT2D eigenvalue weighted by molar-refractivity contribution is -0.142. The minimum Gasteiger partial charge on any atom is -0.435 e. The molecule has 1 amide bonds. The molecule has 1 saturated heterocycles. The molecule has 1 aromatic carbocycles. The van der Waals surface area contributed by atoms with Crippen LogP contribution in [-0.2, 0) is 9.53 Å². The van der Waals surface area contributed by atoms with Crippen molar-refractivity contribution in [3.05, 3.63) is 29.8 Å². The molecule has 134 valence electrons. The molecule has 0 aliphatic carbocycles. The Bertz CT molecular complexity index is 546. The predicted octanol–water partition coefficient (Wildman–Crippen LogP) is 2.57. The van der Waals surface area contributed by atoms with Crippen LogP contribution in [0.4, 0.5) is 8.78 Å². The number of ether oxygens (including phenoxy) is 2. The molecule has 3 atom stereocenters. The summed E-state index contributed by atoms with van der Waals surface area (Å²) in [4.78, 5) is 14.1. The summed E-state index contributed by atoms with van der Waals surface area (Å²) in [5, 5.41) is 3.13. The highest BCUT2D eigenvalue weighted by atomic mass is 19.3. The maximum absolute atomic E-state index is 12.3. The van der Waals surface area contributed by atoms with E-state index in [9.17, 15) is 13.6 Å². The number of rotatable bonds is 6. The lowest BCUT2D eigenvalue weighted by Crippen LogP contribution is -2.50. The lowest BCUT2D eigenvalue weighted by Gasteiger charge is -2.35. The quantitative estimate of drug-likeness (QED) is 0.863. The molecule has 5 nitrogen and oxygen atoms in total. The van der Waals surface area contributed by atoms with Gasteiger partial charge in [0.2, 0.25) is 5.91 Å². The number of morpholine rings is 1. The zero-order valence-electron chi connectivity index (χ0n) is 14.2. The molecule has 1 heterocycles. The fraction of sp³-hybridized carbons (Fsp3) is 0.588. The smallest absolute Gasteiger partial charge is 0.387 e. The van der Waals surface area contributed by atoms with Gasteiger partial charge in [-0.15, -0.1) is 0 Å². The Hall–Kier alpha value is -1.73. The highest BCUT2D eigenvalue weighted by Gasteiger charge is 2.25. The van der Waals surface area contributed by atoms with Crippen molar-refractivity contribution < 1.29 is 23.0 Å². The summed E-state index contributed by atoms with van der Waals surface area (Å²) < 4.78 is 34.6. The minimum atomic E-state index is -2.85. The molecule has 0 aromatic heterocycles. The first-order valence-corrected chi connectivity index (χ1v) is 8.06. The summed E-state index contributed by atoms with van der Waals surface area (Å²) in [6, 6.07) is 6.32. The third-order valence-corrected chi connectivity index (χ3v) is 3.92. The highest BCUT2D eigenvalue weighted by Crippen LogP contribution is 2.20. The van der Waals surface area contributed by atoms with E-state index in [0.29, 0.717) is 13.1 Å². The Morgan fingerprint density at radius 2 is 2.04 bits per heavy atom. The molecule has 0 radical (unpaired) electrons. The second-order valence-electron chi connectivity index (χ2n) is 6.11. The number of amides is 1. The zero-order chi connectivity index (χ0) is 17.7. The number of hydrogen-bond donors (Lipinski definition) is 1. The summed E-state index contributed by atoms with van der Waals surface area (Å²) in [5.41, 5.74) is 0.782. The van der Waals surface area contributed by atoms with E-state index in [1.807, 2.05) is 20.8 Å². The van der Waals surface area contributed by atoms with Crippen molar-refractivity contribution >= 4 is 5.91 Å². The van der Waals surface area contributed by atoms with E-state index in [2.05, 4.69) is 10.1 Å². The van der Waals surface area contributed by atoms with E-state index in [1.165, 1.54) is 6.07 Å². The fourth-order valence-electron chi connectivity index (χ4n) is 2.81. The normalized spacial score (nSPS) is 22.5. The molecule has 1 aliphatic heterocycles. The van der Waals surface area contributed by atoms with Gasteiger partial charge in [-0.3, -0.25) is 4.79 Å². The molecule has 7 heteroatoms. The van der Waals surface area contributed by atoms with Crippen LogP contribution in [0.25, 0.3) is 0 Å². The summed E-state index contributed by atoms with van der Waals surface area (Å²) in [6.45, 7) is 4.25. The second-order valence-corrected chi connectivity index (χ2v) is 6.11. The van der Waals surface area contributed by atoms with E-state index in [1.54, 1.807) is 23.1 Å². The first-order chi connectivity index (χ1) is 11.3. The van der Waals surface area contributed by atoms with Crippen molar-refractivity contribution in [2.24, 2.45) is 0 Å². The average molecular weight is 342 g/mol. The van der Waals surface area contributed by atoms with Crippen LogP contribution < -0.4 is 10.1 Å². The third kappa shape index (κ3) is 5.42. The number of halogens is 2. The van der Waals surface area contributed by atoms with Gasteiger partial charge < -0.3 is 19.7 Å². The van der Waals surface area contributed by atoms with Crippen molar-refractivity contribution in [3.63, 3.8) is 0 Å². The monoisotopic (exact) mass is 342 g/mol. The molecule has 0 saturated carbocycles. The van der Waals surface area contributed by atoms with Gasteiger partial charge in [-0.1, -0.05) is 12.1 Å². The zero-order valence-corrected chi connectivity index (χ0v) is 14.2. The molecule has 1 N–H and O–H groups in total. The SMILES string of the molecule is C[C@@H]1CN(C(=O)CN[C@H](C)c2cccc(OC(F)F)c2)C[C@H](C)O1. The van der Waals surface area contributed by atoms with Crippen LogP contribution in [-0.4, -0.2) is 49.3 Å². The van der Waals surface area contributed by atoms with Crippen LogP contribution in [0.2, 0.25) is 0 Å². The number of alkyl halides is 2. The molecule has 1 aliphatic rings. The van der Waals surface area contributed by atoms with Gasteiger partial charge in [-0.2, -0.15) is 8.78 Å². The van der Waals surface area contributed by atoms with Gasteiger partial charge in [0, 0.05) is 19.1 Å². The Morgan fingerprint density at radius 3 is 2.67 bits per heavy atom. The largest absolute Gasteiger partial charge is 0.435 e. The van der Waals surface area contributed by atoms with Gasteiger partial charge in [0.25, 0.3) is 0 Å². The summed E-state index contributed by atoms with van der Waals surface area (Å²) >= 11 is 0. The van der Waals surface area contributed by atoms with Gasteiger partial charge in [0.05, 0.1) is 18.8 Å². The predicted molar refractivity (Wildman–Crippen MR) is 86.1 cm³/mol. The lowest BCUT2D eigenvalue weighted by atomic mass is 10.1. The molecular weight excluding hydrogens is 318 g/mol. The van der Waals surface area contributed by atoms with Crippen LogP contribution in [0.1, 0.15) is 32.4 Å². The van der Waals surface area contributed by atoms with Crippen molar-refractivity contribution in [1.82, 2.24) is 10.2 Å². The van der Waals surface area contributed by atoms with Gasteiger partial charge >= 0.3 is 6.61 Å². The number of carbonyl (C=O) groups is 1. The average Bonchev–Trinajstić information content (AvgIpc) is 2.51. The first-order valence-electron chi connectivity index (χ1n) is 8.06. The van der Waals surface area contributed by atoms with Crippen LogP contribution in [0.3, 0.4) is 0 Å². The molecular formula is C17H24F2N2O3. The van der Waals surface area contributed by atoms with E-state index < -0.39 is 6.61 Å². The van der Waals surface area contributed by atoms with Crippen molar-refractivity contribution in [1.29, 1.82) is 0 Å². The minimum absolute atomic E-state index is 0.00355. The molecule has 2 rings (SSSR count). The van der Waals surface area contributed by atoms with Crippen molar-refractivity contribution in [2.45, 2.75) is 45.6 Å². The van der Waals surface area contributed by atoms with E-state index in [-0.39, 0.29) is 36.5 Å². The van der Waals surface area contributed by atoms with Crippen LogP contribution >= 0.6 is 0 Å². The maximum atomic E-state index is 12.3. The van der Waals surface area contributed by atoms with Crippen molar-refractivity contribution in [2.75, 3.05) is 19.6 Å². The Labute approximate surface area is 140 Å². The number of carbonyl (C=O) groups excluding carboxylic acids is 1. The van der Waals surface area contributed by atoms with Gasteiger partial charge in [-0.25, -0.2) is 0 Å². The first kappa shape index (κ1) is 18.6. The Morgan fingerprint density at radius 1 is 1.38 bits per heavy atom. The van der Waals surface area contributed by atoms with E-state index in [0.717, 1.165) is 5.56 Å². The van der Waals surface area contributed by atoms with Crippen LogP contribution in [0.15, 0.2) is 24.3 Å². The second kappa shape index (κ2) is 8.39. The maximum Gasteiger partial charge on any atom is 0.387 e. The molecule has 1 fully saturated rings. The van der Waals surface area contributed by atoms with Crippen LogP contribution in [0.5, 0.6) is 5.75 Å². The van der Waals surface area contributed by atoms with Gasteiger partial charge in [0.15, 0.2) is 0 Å². The number of benzene rings is 1. The summed E-state index contributed by atoms with van der Waals surface area (Å²) in [7, 11) is 0. The Balaban J connectivity index is 1.88. The summed E-state index contributed by atoms with van der Waals surface area (Å²) in [5.74, 6) is 0.113. The van der Waals surface area contributed by atoms with E-state index in [4.69, 9.17) is 4.74 Å². The fourth-order valence-corrected chi connectivity index (χ4v) is 2.81. The van der Waals surface area contributed by atoms with Gasteiger partial charge in [0.1, 0.15) is 5.75 Å². The van der Waals surface area contributed by atoms with Crippen molar-refractivity contribution in [3.8, 4) is 5.75 Å². The number of nitrogens with one attached hydrogen (secondary N) is 1. The third-order valence-electron chi connectivity index (χ3n) is 3.92. The summed E-state index contributed by atoms with van der Waals surface area (Å²) in [6.07, 6.45) is 0.0524. The molecule has 1 aromatic rings. The van der Waals surface area contributed by atoms with Gasteiger partial charge in [-0.05, 0) is 38.5 Å². The Kier molecular flexibility index (Phi) is 6.51. The molecule has 0 bridgehead atoms.